The van der Waals surface area contributed by atoms with E-state index in [9.17, 15) is 5.11 Å². The van der Waals surface area contributed by atoms with E-state index < -0.39 is 0 Å². The fraction of sp³-hybridized carbons (Fsp3) is 0.600. The second kappa shape index (κ2) is 4.56. The standard InChI is InChI=1S/C15H22N2O/c1-10(13-5-3-4-6-15(13)18)17-9-12-7-16-8-14(12)11(17)2/h3-6,10-12,14,16,18H,7-9H2,1-2H3. The fourth-order valence-corrected chi connectivity index (χ4v) is 3.73. The molecule has 2 aliphatic rings. The SMILES string of the molecule is CC(c1ccccc1O)N1CC2CNCC2C1C. The van der Waals surface area contributed by atoms with E-state index in [1.807, 2.05) is 18.2 Å². The second-order valence-corrected chi connectivity index (χ2v) is 5.75. The summed E-state index contributed by atoms with van der Waals surface area (Å²) in [6, 6.07) is 8.62. The highest BCUT2D eigenvalue weighted by Gasteiger charge is 2.43. The third-order valence-corrected chi connectivity index (χ3v) is 4.86. The summed E-state index contributed by atoms with van der Waals surface area (Å²) in [6.07, 6.45) is 0. The minimum atomic E-state index is 0.298. The minimum absolute atomic E-state index is 0.298. The van der Waals surface area contributed by atoms with Gasteiger partial charge in [0.15, 0.2) is 0 Å². The average molecular weight is 246 g/mol. The Balaban J connectivity index is 1.82. The van der Waals surface area contributed by atoms with Crippen molar-refractivity contribution in [2.24, 2.45) is 11.8 Å². The van der Waals surface area contributed by atoms with Crippen LogP contribution in [0, 0.1) is 11.8 Å². The van der Waals surface area contributed by atoms with Gasteiger partial charge in [-0.3, -0.25) is 4.90 Å². The van der Waals surface area contributed by atoms with Gasteiger partial charge >= 0.3 is 0 Å². The van der Waals surface area contributed by atoms with Gasteiger partial charge in [-0.05, 0) is 44.8 Å². The van der Waals surface area contributed by atoms with E-state index in [1.165, 1.54) is 0 Å². The van der Waals surface area contributed by atoms with Gasteiger partial charge in [0.1, 0.15) is 5.75 Å². The van der Waals surface area contributed by atoms with Gasteiger partial charge in [-0.2, -0.15) is 0 Å². The molecule has 0 amide bonds. The molecule has 2 heterocycles. The highest BCUT2D eigenvalue weighted by atomic mass is 16.3. The number of rotatable bonds is 2. The number of nitrogens with zero attached hydrogens (tertiary/aromatic N) is 1. The molecule has 0 radical (unpaired) electrons. The summed E-state index contributed by atoms with van der Waals surface area (Å²) in [4.78, 5) is 2.55. The van der Waals surface area contributed by atoms with Crippen LogP contribution in [-0.2, 0) is 0 Å². The molecule has 3 nitrogen and oxygen atoms in total. The first kappa shape index (κ1) is 12.0. The van der Waals surface area contributed by atoms with E-state index in [1.54, 1.807) is 6.07 Å². The number of fused-ring (bicyclic) bond motifs is 1. The number of benzene rings is 1. The van der Waals surface area contributed by atoms with Crippen LogP contribution in [0.3, 0.4) is 0 Å². The van der Waals surface area contributed by atoms with E-state index in [0.717, 1.165) is 37.0 Å². The van der Waals surface area contributed by atoms with Gasteiger partial charge in [-0.1, -0.05) is 18.2 Å². The van der Waals surface area contributed by atoms with E-state index in [-0.39, 0.29) is 0 Å². The Hall–Kier alpha value is -1.06. The van der Waals surface area contributed by atoms with Crippen molar-refractivity contribution in [3.05, 3.63) is 29.8 Å². The minimum Gasteiger partial charge on any atom is -0.508 e. The zero-order valence-electron chi connectivity index (χ0n) is 11.1. The number of para-hydroxylation sites is 1. The molecule has 0 spiro atoms. The molecule has 2 N–H and O–H groups in total. The van der Waals surface area contributed by atoms with Crippen LogP contribution >= 0.6 is 0 Å². The highest BCUT2D eigenvalue weighted by Crippen LogP contribution is 2.39. The number of phenolic OH excluding ortho intramolecular Hbond substituents is 1. The third-order valence-electron chi connectivity index (χ3n) is 4.86. The molecule has 0 aliphatic carbocycles. The quantitative estimate of drug-likeness (QED) is 0.837. The van der Waals surface area contributed by atoms with Crippen LogP contribution in [0.4, 0.5) is 0 Å². The van der Waals surface area contributed by atoms with Crippen LogP contribution in [0.2, 0.25) is 0 Å². The largest absolute Gasteiger partial charge is 0.508 e. The molecule has 18 heavy (non-hydrogen) atoms. The van der Waals surface area contributed by atoms with E-state index in [0.29, 0.717) is 17.8 Å². The number of nitrogens with one attached hydrogen (secondary N) is 1. The van der Waals surface area contributed by atoms with Crippen LogP contribution in [0.25, 0.3) is 0 Å². The van der Waals surface area contributed by atoms with Crippen molar-refractivity contribution in [3.8, 4) is 5.75 Å². The maximum Gasteiger partial charge on any atom is 0.120 e. The molecule has 0 aromatic heterocycles. The zero-order chi connectivity index (χ0) is 12.7. The number of phenols is 1. The van der Waals surface area contributed by atoms with Crippen molar-refractivity contribution in [1.29, 1.82) is 0 Å². The maximum absolute atomic E-state index is 9.99. The number of hydrogen-bond acceptors (Lipinski definition) is 3. The number of aromatic hydroxyl groups is 1. The topological polar surface area (TPSA) is 35.5 Å². The van der Waals surface area contributed by atoms with E-state index >= 15 is 0 Å². The highest BCUT2D eigenvalue weighted by molar-refractivity contribution is 5.34. The number of likely N-dealkylation sites (tertiary alicyclic amines) is 1. The smallest absolute Gasteiger partial charge is 0.120 e. The molecule has 0 bridgehead atoms. The Morgan fingerprint density at radius 2 is 2.11 bits per heavy atom. The van der Waals surface area contributed by atoms with Gasteiger partial charge in [-0.25, -0.2) is 0 Å². The van der Waals surface area contributed by atoms with Gasteiger partial charge in [0.2, 0.25) is 0 Å². The van der Waals surface area contributed by atoms with Crippen molar-refractivity contribution in [1.82, 2.24) is 10.2 Å². The predicted octanol–water partition coefficient (Wildman–Crippen LogP) is 1.99. The second-order valence-electron chi connectivity index (χ2n) is 5.75. The van der Waals surface area contributed by atoms with Crippen LogP contribution in [0.15, 0.2) is 24.3 Å². The molecule has 2 fully saturated rings. The summed E-state index contributed by atoms with van der Waals surface area (Å²) in [5, 5.41) is 13.5. The molecule has 2 saturated heterocycles. The lowest BCUT2D eigenvalue weighted by molar-refractivity contribution is 0.179. The molecular weight excluding hydrogens is 224 g/mol. The third kappa shape index (κ3) is 1.82. The number of hydrogen-bond donors (Lipinski definition) is 2. The van der Waals surface area contributed by atoms with Gasteiger partial charge in [0.05, 0.1) is 0 Å². The van der Waals surface area contributed by atoms with E-state index in [4.69, 9.17) is 0 Å². The monoisotopic (exact) mass is 246 g/mol. The fourth-order valence-electron chi connectivity index (χ4n) is 3.73. The van der Waals surface area contributed by atoms with Crippen molar-refractivity contribution < 1.29 is 5.11 Å². The average Bonchev–Trinajstić information content (AvgIpc) is 2.93. The van der Waals surface area contributed by atoms with Crippen LogP contribution in [-0.4, -0.2) is 35.7 Å². The van der Waals surface area contributed by atoms with Gasteiger partial charge < -0.3 is 10.4 Å². The van der Waals surface area contributed by atoms with Gasteiger partial charge in [0, 0.05) is 24.2 Å². The Labute approximate surface area is 109 Å². The molecule has 98 valence electrons. The molecular formula is C15H22N2O. The molecule has 1 aromatic rings. The molecule has 4 atom stereocenters. The lowest BCUT2D eigenvalue weighted by Gasteiger charge is -2.31. The first-order valence-electron chi connectivity index (χ1n) is 6.93. The molecule has 1 aromatic carbocycles. The molecule has 0 saturated carbocycles. The Morgan fingerprint density at radius 3 is 2.83 bits per heavy atom. The molecule has 4 unspecified atom stereocenters. The Bertz CT molecular complexity index is 434. The summed E-state index contributed by atoms with van der Waals surface area (Å²) < 4.78 is 0. The summed E-state index contributed by atoms with van der Waals surface area (Å²) in [6.45, 7) is 7.98. The van der Waals surface area contributed by atoms with Crippen molar-refractivity contribution >= 4 is 0 Å². The molecule has 3 heteroatoms. The van der Waals surface area contributed by atoms with Crippen molar-refractivity contribution in [3.63, 3.8) is 0 Å². The first-order chi connectivity index (χ1) is 8.68. The maximum atomic E-state index is 9.99. The first-order valence-corrected chi connectivity index (χ1v) is 6.93. The van der Waals surface area contributed by atoms with Crippen LogP contribution in [0.5, 0.6) is 5.75 Å². The Kier molecular flexibility index (Phi) is 3.04. The van der Waals surface area contributed by atoms with Crippen molar-refractivity contribution in [2.75, 3.05) is 19.6 Å². The normalized spacial score (nSPS) is 33.6. The van der Waals surface area contributed by atoms with Gasteiger partial charge in [-0.15, -0.1) is 0 Å². The zero-order valence-corrected chi connectivity index (χ0v) is 11.1. The molecule has 2 aliphatic heterocycles. The predicted molar refractivity (Wildman–Crippen MR) is 72.5 cm³/mol. The lowest BCUT2D eigenvalue weighted by Crippen LogP contribution is -2.35. The summed E-state index contributed by atoms with van der Waals surface area (Å²) in [5.41, 5.74) is 1.05. The lowest BCUT2D eigenvalue weighted by atomic mass is 9.95. The molecule has 3 rings (SSSR count). The van der Waals surface area contributed by atoms with Crippen molar-refractivity contribution in [2.45, 2.75) is 25.9 Å². The van der Waals surface area contributed by atoms with E-state index in [2.05, 4.69) is 24.1 Å². The van der Waals surface area contributed by atoms with Gasteiger partial charge in [0.25, 0.3) is 0 Å². The summed E-state index contributed by atoms with van der Waals surface area (Å²) >= 11 is 0. The van der Waals surface area contributed by atoms with Crippen LogP contribution < -0.4 is 5.32 Å². The summed E-state index contributed by atoms with van der Waals surface area (Å²) in [5.74, 6) is 1.99. The summed E-state index contributed by atoms with van der Waals surface area (Å²) in [7, 11) is 0. The Morgan fingerprint density at radius 1 is 1.33 bits per heavy atom. The van der Waals surface area contributed by atoms with Crippen LogP contribution in [0.1, 0.15) is 25.5 Å².